The third-order valence-corrected chi connectivity index (χ3v) is 1.39. The number of aromatic hydroxyl groups is 1. The summed E-state index contributed by atoms with van der Waals surface area (Å²) in [6, 6.07) is 4.04. The highest BCUT2D eigenvalue weighted by molar-refractivity contribution is 5.84. The third kappa shape index (κ3) is 2.44. The normalized spacial score (nSPS) is 10.4. The van der Waals surface area contributed by atoms with Crippen LogP contribution in [-0.2, 0) is 0 Å². The van der Waals surface area contributed by atoms with Crippen molar-refractivity contribution in [3.05, 3.63) is 29.6 Å². The Kier molecular flexibility index (Phi) is 3.01. The van der Waals surface area contributed by atoms with Crippen LogP contribution >= 0.6 is 0 Å². The van der Waals surface area contributed by atoms with Crippen LogP contribution in [0.5, 0.6) is 5.75 Å². The predicted octanol–water partition coefficient (Wildman–Crippen LogP) is 0.139. The van der Waals surface area contributed by atoms with E-state index in [0.29, 0.717) is 0 Å². The number of para-hydroxylation sites is 1. The monoisotopic (exact) mass is 196 g/mol. The molecule has 1 aromatic carbocycles. The molecule has 0 bridgehead atoms. The Morgan fingerprint density at radius 3 is 2.79 bits per heavy atom. The number of rotatable bonds is 2. The maximum Gasteiger partial charge on any atom is 0.211 e. The van der Waals surface area contributed by atoms with Crippen LogP contribution in [0.2, 0.25) is 0 Å². The lowest BCUT2D eigenvalue weighted by molar-refractivity contribution is 0.431. The van der Waals surface area contributed by atoms with Crippen molar-refractivity contribution in [3.8, 4) is 5.75 Å². The van der Waals surface area contributed by atoms with Crippen molar-refractivity contribution in [1.82, 2.24) is 0 Å². The van der Waals surface area contributed by atoms with Gasteiger partial charge in [-0.05, 0) is 12.1 Å². The van der Waals surface area contributed by atoms with Gasteiger partial charge in [0.15, 0.2) is 11.6 Å². The van der Waals surface area contributed by atoms with Crippen molar-refractivity contribution in [1.29, 1.82) is 0 Å². The standard InChI is InChI=1S/C8H9FN4O/c9-6-3-1-2-5(7(6)14)4-12-13-8(10)11/h1-4,14H,(H4,10,11,13). The van der Waals surface area contributed by atoms with Crippen molar-refractivity contribution in [2.45, 2.75) is 0 Å². The van der Waals surface area contributed by atoms with Gasteiger partial charge in [0.25, 0.3) is 0 Å². The summed E-state index contributed by atoms with van der Waals surface area (Å²) in [6.45, 7) is 0. The second kappa shape index (κ2) is 4.22. The lowest BCUT2D eigenvalue weighted by atomic mass is 10.2. The maximum absolute atomic E-state index is 12.8. The van der Waals surface area contributed by atoms with E-state index in [2.05, 4.69) is 10.2 Å². The first-order valence-electron chi connectivity index (χ1n) is 3.70. The molecule has 0 unspecified atom stereocenters. The molecule has 0 saturated heterocycles. The topological polar surface area (TPSA) is 97.0 Å². The molecule has 0 radical (unpaired) electrons. The number of guanidine groups is 1. The van der Waals surface area contributed by atoms with Crippen LogP contribution in [-0.4, -0.2) is 17.3 Å². The van der Waals surface area contributed by atoms with Crippen molar-refractivity contribution in [2.24, 2.45) is 21.7 Å². The van der Waals surface area contributed by atoms with Gasteiger partial charge < -0.3 is 16.6 Å². The predicted molar refractivity (Wildman–Crippen MR) is 51.5 cm³/mol. The molecule has 1 rings (SSSR count). The Morgan fingerprint density at radius 2 is 2.14 bits per heavy atom. The van der Waals surface area contributed by atoms with Gasteiger partial charge in [-0.15, -0.1) is 5.10 Å². The Bertz CT molecular complexity index is 385. The quantitative estimate of drug-likeness (QED) is 0.356. The van der Waals surface area contributed by atoms with Crippen molar-refractivity contribution < 1.29 is 9.50 Å². The first-order valence-corrected chi connectivity index (χ1v) is 3.70. The average molecular weight is 196 g/mol. The zero-order chi connectivity index (χ0) is 10.6. The number of hydrogen-bond acceptors (Lipinski definition) is 3. The van der Waals surface area contributed by atoms with Gasteiger partial charge in [0, 0.05) is 5.56 Å². The van der Waals surface area contributed by atoms with Crippen molar-refractivity contribution >= 4 is 12.2 Å². The van der Waals surface area contributed by atoms with Gasteiger partial charge in [0.05, 0.1) is 6.21 Å². The van der Waals surface area contributed by atoms with E-state index in [0.717, 1.165) is 12.3 Å². The number of benzene rings is 1. The van der Waals surface area contributed by atoms with Gasteiger partial charge in [-0.2, -0.15) is 5.10 Å². The van der Waals surface area contributed by atoms with E-state index in [4.69, 9.17) is 11.5 Å². The number of halogens is 1. The highest BCUT2D eigenvalue weighted by Crippen LogP contribution is 2.18. The minimum absolute atomic E-state index is 0.204. The van der Waals surface area contributed by atoms with Gasteiger partial charge in [-0.1, -0.05) is 6.07 Å². The Hall–Kier alpha value is -2.11. The molecule has 0 spiro atoms. The van der Waals surface area contributed by atoms with Crippen LogP contribution in [0.3, 0.4) is 0 Å². The fourth-order valence-corrected chi connectivity index (χ4v) is 0.794. The molecule has 0 aliphatic rings. The summed E-state index contributed by atoms with van der Waals surface area (Å²) >= 11 is 0. The van der Waals surface area contributed by atoms with E-state index in [1.54, 1.807) is 0 Å². The molecule has 0 aromatic heterocycles. The summed E-state index contributed by atoms with van der Waals surface area (Å²) in [5, 5.41) is 15.9. The lowest BCUT2D eigenvalue weighted by Gasteiger charge is -1.97. The second-order valence-corrected chi connectivity index (χ2v) is 2.45. The maximum atomic E-state index is 12.8. The minimum atomic E-state index is -0.723. The molecule has 0 amide bonds. The SMILES string of the molecule is NC(N)=NN=Cc1cccc(F)c1O. The molecule has 74 valence electrons. The highest BCUT2D eigenvalue weighted by atomic mass is 19.1. The molecule has 0 atom stereocenters. The van der Waals surface area contributed by atoms with Crippen LogP contribution in [0.4, 0.5) is 4.39 Å². The largest absolute Gasteiger partial charge is 0.504 e. The second-order valence-electron chi connectivity index (χ2n) is 2.45. The summed E-state index contributed by atoms with van der Waals surface area (Å²) in [7, 11) is 0. The van der Waals surface area contributed by atoms with Crippen molar-refractivity contribution in [3.63, 3.8) is 0 Å². The van der Waals surface area contributed by atoms with Gasteiger partial charge in [0.1, 0.15) is 0 Å². The number of phenols is 1. The lowest BCUT2D eigenvalue weighted by Crippen LogP contribution is -2.21. The van der Waals surface area contributed by atoms with E-state index in [9.17, 15) is 9.50 Å². The van der Waals surface area contributed by atoms with Gasteiger partial charge in [-0.3, -0.25) is 0 Å². The highest BCUT2D eigenvalue weighted by Gasteiger charge is 2.02. The summed E-state index contributed by atoms with van der Waals surface area (Å²) < 4.78 is 12.8. The zero-order valence-corrected chi connectivity index (χ0v) is 7.18. The Labute approximate surface area is 79.6 Å². The zero-order valence-electron chi connectivity index (χ0n) is 7.18. The van der Waals surface area contributed by atoms with E-state index in [1.807, 2.05) is 0 Å². The first-order chi connectivity index (χ1) is 6.61. The molecule has 0 aliphatic carbocycles. The van der Waals surface area contributed by atoms with Crippen LogP contribution in [0.1, 0.15) is 5.56 Å². The van der Waals surface area contributed by atoms with Crippen LogP contribution in [0.15, 0.2) is 28.4 Å². The van der Waals surface area contributed by atoms with Gasteiger partial charge in [0.2, 0.25) is 5.96 Å². The third-order valence-electron chi connectivity index (χ3n) is 1.39. The van der Waals surface area contributed by atoms with Gasteiger partial charge in [-0.25, -0.2) is 4.39 Å². The minimum Gasteiger partial charge on any atom is -0.504 e. The molecular weight excluding hydrogens is 187 g/mol. The molecule has 14 heavy (non-hydrogen) atoms. The number of phenolic OH excluding ortho intramolecular Hbond substituents is 1. The smallest absolute Gasteiger partial charge is 0.211 e. The molecule has 0 heterocycles. The number of nitrogens with zero attached hydrogens (tertiary/aromatic N) is 2. The average Bonchev–Trinajstić information content (AvgIpc) is 2.12. The molecule has 0 saturated carbocycles. The number of hydrogen-bond donors (Lipinski definition) is 3. The summed E-state index contributed by atoms with van der Waals surface area (Å²) in [4.78, 5) is 0. The van der Waals surface area contributed by atoms with Crippen molar-refractivity contribution in [2.75, 3.05) is 0 Å². The molecule has 5 nitrogen and oxygen atoms in total. The first kappa shape index (κ1) is 9.97. The van der Waals surface area contributed by atoms with E-state index < -0.39 is 11.6 Å². The molecule has 5 N–H and O–H groups in total. The van der Waals surface area contributed by atoms with Gasteiger partial charge >= 0.3 is 0 Å². The molecule has 6 heteroatoms. The Balaban J connectivity index is 2.92. The molecule has 1 aromatic rings. The fraction of sp³-hybridized carbons (Fsp3) is 0. The summed E-state index contributed by atoms with van der Waals surface area (Å²) in [5.74, 6) is -1.42. The summed E-state index contributed by atoms with van der Waals surface area (Å²) in [5.41, 5.74) is 10.2. The molecule has 0 aliphatic heterocycles. The van der Waals surface area contributed by atoms with E-state index >= 15 is 0 Å². The number of nitrogens with two attached hydrogens (primary N) is 2. The van der Waals surface area contributed by atoms with E-state index in [1.165, 1.54) is 12.1 Å². The Morgan fingerprint density at radius 1 is 1.43 bits per heavy atom. The summed E-state index contributed by atoms with van der Waals surface area (Å²) in [6.07, 6.45) is 1.15. The fourth-order valence-electron chi connectivity index (χ4n) is 0.794. The molecular formula is C8H9FN4O. The molecule has 0 fully saturated rings. The van der Waals surface area contributed by atoms with Crippen LogP contribution in [0, 0.1) is 5.82 Å². The van der Waals surface area contributed by atoms with E-state index in [-0.39, 0.29) is 11.5 Å². The van der Waals surface area contributed by atoms with Crippen LogP contribution < -0.4 is 11.5 Å². The van der Waals surface area contributed by atoms with Crippen LogP contribution in [0.25, 0.3) is 0 Å².